The summed E-state index contributed by atoms with van der Waals surface area (Å²) in [7, 11) is 1.56. The molecule has 0 saturated carbocycles. The van der Waals surface area contributed by atoms with E-state index in [1.54, 1.807) is 19.2 Å². The Labute approximate surface area is 159 Å². The lowest BCUT2D eigenvalue weighted by Crippen LogP contribution is -2.38. The summed E-state index contributed by atoms with van der Waals surface area (Å²) in [6, 6.07) is 8.73. The second kappa shape index (κ2) is 8.20. The highest BCUT2D eigenvalue weighted by molar-refractivity contribution is 6.06. The number of likely N-dealkylation sites (tertiary alicyclic amines) is 1. The molecule has 27 heavy (non-hydrogen) atoms. The van der Waals surface area contributed by atoms with Crippen molar-refractivity contribution in [3.63, 3.8) is 0 Å². The second-order valence-corrected chi connectivity index (χ2v) is 7.06. The number of hydrogen-bond acceptors (Lipinski definition) is 4. The van der Waals surface area contributed by atoms with Crippen molar-refractivity contribution in [1.29, 1.82) is 0 Å². The van der Waals surface area contributed by atoms with E-state index >= 15 is 0 Å². The first-order valence-corrected chi connectivity index (χ1v) is 9.19. The number of ether oxygens (including phenoxy) is 1. The largest absolute Gasteiger partial charge is 0.495 e. The molecule has 1 aromatic heterocycles. The number of pyridine rings is 1. The van der Waals surface area contributed by atoms with Crippen LogP contribution in [0.25, 0.3) is 0 Å². The third kappa shape index (κ3) is 4.45. The normalized spacial score (nSPS) is 14.7. The fourth-order valence-electron chi connectivity index (χ4n) is 3.18. The van der Waals surface area contributed by atoms with Crippen molar-refractivity contribution in [2.75, 3.05) is 25.5 Å². The lowest BCUT2D eigenvalue weighted by molar-refractivity contribution is 0.0691. The van der Waals surface area contributed by atoms with E-state index in [1.807, 2.05) is 30.0 Å². The molecule has 2 amide bonds. The first-order valence-electron chi connectivity index (χ1n) is 9.19. The number of rotatable bonds is 4. The smallest absolute Gasteiger partial charge is 0.272 e. The van der Waals surface area contributed by atoms with Gasteiger partial charge in [0.25, 0.3) is 11.8 Å². The van der Waals surface area contributed by atoms with Gasteiger partial charge in [-0.2, -0.15) is 0 Å². The van der Waals surface area contributed by atoms with Crippen molar-refractivity contribution >= 4 is 17.5 Å². The topological polar surface area (TPSA) is 71.5 Å². The van der Waals surface area contributed by atoms with Gasteiger partial charge in [0.05, 0.1) is 12.8 Å². The van der Waals surface area contributed by atoms with Crippen molar-refractivity contribution < 1.29 is 14.3 Å². The van der Waals surface area contributed by atoms with Crippen LogP contribution in [-0.4, -0.2) is 41.9 Å². The Kier molecular flexibility index (Phi) is 5.74. The Morgan fingerprint density at radius 3 is 2.63 bits per heavy atom. The van der Waals surface area contributed by atoms with Crippen LogP contribution in [0.3, 0.4) is 0 Å². The van der Waals surface area contributed by atoms with E-state index in [2.05, 4.69) is 17.2 Å². The summed E-state index contributed by atoms with van der Waals surface area (Å²) in [6.07, 6.45) is 3.50. The highest BCUT2D eigenvalue weighted by atomic mass is 16.5. The van der Waals surface area contributed by atoms with E-state index in [1.165, 1.54) is 6.20 Å². The van der Waals surface area contributed by atoms with Crippen LogP contribution in [0, 0.1) is 12.8 Å². The van der Waals surface area contributed by atoms with Crippen LogP contribution >= 0.6 is 0 Å². The molecule has 2 heterocycles. The minimum absolute atomic E-state index is 0.121. The van der Waals surface area contributed by atoms with Gasteiger partial charge in [-0.3, -0.25) is 14.6 Å². The number of nitrogens with one attached hydrogen (secondary N) is 1. The number of carbonyl (C=O) groups excluding carboxylic acids is 2. The molecule has 1 aromatic carbocycles. The second-order valence-electron chi connectivity index (χ2n) is 7.06. The van der Waals surface area contributed by atoms with Crippen LogP contribution in [0.4, 0.5) is 5.69 Å². The van der Waals surface area contributed by atoms with Crippen molar-refractivity contribution in [3.05, 3.63) is 53.3 Å². The monoisotopic (exact) mass is 367 g/mol. The van der Waals surface area contributed by atoms with Gasteiger partial charge in [-0.1, -0.05) is 13.0 Å². The van der Waals surface area contributed by atoms with Crippen LogP contribution < -0.4 is 10.1 Å². The SMILES string of the molecule is COc1ccc(C)cc1NC(=O)c1ccnc(C(=O)N2CCC(C)CC2)c1. The first-order chi connectivity index (χ1) is 13.0. The Morgan fingerprint density at radius 2 is 1.93 bits per heavy atom. The predicted octanol–water partition coefficient (Wildman–Crippen LogP) is 3.52. The number of anilines is 1. The van der Waals surface area contributed by atoms with Crippen molar-refractivity contribution in [2.24, 2.45) is 5.92 Å². The number of hydrogen-bond donors (Lipinski definition) is 1. The van der Waals surface area contributed by atoms with Gasteiger partial charge >= 0.3 is 0 Å². The third-order valence-corrected chi connectivity index (χ3v) is 4.92. The van der Waals surface area contributed by atoms with E-state index in [9.17, 15) is 9.59 Å². The molecule has 6 heteroatoms. The van der Waals surface area contributed by atoms with Crippen LogP contribution in [0.5, 0.6) is 5.75 Å². The summed E-state index contributed by atoms with van der Waals surface area (Å²) in [5.41, 5.74) is 2.30. The average Bonchev–Trinajstić information content (AvgIpc) is 2.68. The van der Waals surface area contributed by atoms with Crippen molar-refractivity contribution in [1.82, 2.24) is 9.88 Å². The summed E-state index contributed by atoms with van der Waals surface area (Å²) in [6.45, 7) is 5.61. The fourth-order valence-corrected chi connectivity index (χ4v) is 3.18. The number of methoxy groups -OCH3 is 1. The summed E-state index contributed by atoms with van der Waals surface area (Å²) in [4.78, 5) is 31.4. The van der Waals surface area contributed by atoms with Crippen LogP contribution in [0.15, 0.2) is 36.5 Å². The minimum Gasteiger partial charge on any atom is -0.495 e. The summed E-state index contributed by atoms with van der Waals surface area (Å²) < 4.78 is 5.30. The Hall–Kier alpha value is -2.89. The van der Waals surface area contributed by atoms with E-state index in [-0.39, 0.29) is 11.8 Å². The molecule has 142 valence electrons. The van der Waals surface area contributed by atoms with Gasteiger partial charge in [-0.05, 0) is 55.5 Å². The van der Waals surface area contributed by atoms with E-state index in [0.717, 1.165) is 31.5 Å². The van der Waals surface area contributed by atoms with Gasteiger partial charge in [-0.25, -0.2) is 0 Å². The van der Waals surface area contributed by atoms with Gasteiger partial charge in [0.15, 0.2) is 0 Å². The summed E-state index contributed by atoms with van der Waals surface area (Å²) >= 11 is 0. The Morgan fingerprint density at radius 1 is 1.19 bits per heavy atom. The van der Waals surface area contributed by atoms with Gasteiger partial charge in [0, 0.05) is 24.8 Å². The van der Waals surface area contributed by atoms with E-state index < -0.39 is 0 Å². The molecule has 1 N–H and O–H groups in total. The molecule has 0 aliphatic carbocycles. The molecular weight excluding hydrogens is 342 g/mol. The van der Waals surface area contributed by atoms with Crippen molar-refractivity contribution in [2.45, 2.75) is 26.7 Å². The molecule has 0 atom stereocenters. The standard InChI is InChI=1S/C21H25N3O3/c1-14-7-10-24(11-8-14)21(26)18-13-16(6-9-22-18)20(25)23-17-12-15(2)4-5-19(17)27-3/h4-6,9,12-14H,7-8,10-11H2,1-3H3,(H,23,25). The predicted molar refractivity (Wildman–Crippen MR) is 104 cm³/mol. The molecule has 1 aliphatic rings. The molecule has 3 rings (SSSR count). The Balaban J connectivity index is 1.76. The van der Waals surface area contributed by atoms with Gasteiger partial charge in [-0.15, -0.1) is 0 Å². The molecule has 0 unspecified atom stereocenters. The highest BCUT2D eigenvalue weighted by Crippen LogP contribution is 2.26. The average molecular weight is 367 g/mol. The molecule has 2 aromatic rings. The number of aryl methyl sites for hydroxylation is 1. The maximum Gasteiger partial charge on any atom is 0.272 e. The van der Waals surface area contributed by atoms with Gasteiger partial charge < -0.3 is 15.0 Å². The number of amides is 2. The molecular formula is C21H25N3O3. The molecule has 6 nitrogen and oxygen atoms in total. The third-order valence-electron chi connectivity index (χ3n) is 4.92. The fraction of sp³-hybridized carbons (Fsp3) is 0.381. The maximum absolute atomic E-state index is 12.7. The zero-order chi connectivity index (χ0) is 19.4. The molecule has 1 aliphatic heterocycles. The molecule has 0 radical (unpaired) electrons. The molecule has 0 bridgehead atoms. The molecule has 1 fully saturated rings. The quantitative estimate of drug-likeness (QED) is 0.897. The maximum atomic E-state index is 12.7. The minimum atomic E-state index is -0.303. The number of benzene rings is 1. The molecule has 0 spiro atoms. The lowest BCUT2D eigenvalue weighted by Gasteiger charge is -2.30. The first kappa shape index (κ1) is 18.9. The van der Waals surface area contributed by atoms with Gasteiger partial charge in [0.2, 0.25) is 0 Å². The summed E-state index contributed by atoms with van der Waals surface area (Å²) in [5.74, 6) is 0.803. The molecule has 1 saturated heterocycles. The number of nitrogens with zero attached hydrogens (tertiary/aromatic N) is 2. The van der Waals surface area contributed by atoms with E-state index in [4.69, 9.17) is 4.74 Å². The van der Waals surface area contributed by atoms with Crippen molar-refractivity contribution in [3.8, 4) is 5.75 Å². The van der Waals surface area contributed by atoms with Crippen LogP contribution in [0.2, 0.25) is 0 Å². The number of piperidine rings is 1. The summed E-state index contributed by atoms with van der Waals surface area (Å²) in [5, 5.41) is 2.85. The van der Waals surface area contributed by atoms with Crippen LogP contribution in [-0.2, 0) is 0 Å². The zero-order valence-electron chi connectivity index (χ0n) is 16.0. The van der Waals surface area contributed by atoms with Gasteiger partial charge in [0.1, 0.15) is 11.4 Å². The van der Waals surface area contributed by atoms with Crippen LogP contribution in [0.1, 0.15) is 46.2 Å². The lowest BCUT2D eigenvalue weighted by atomic mass is 9.99. The number of aromatic nitrogens is 1. The number of carbonyl (C=O) groups is 2. The zero-order valence-corrected chi connectivity index (χ0v) is 16.0. The van der Waals surface area contributed by atoms with E-state index in [0.29, 0.717) is 28.6 Å². The Bertz CT molecular complexity index is 842. The highest BCUT2D eigenvalue weighted by Gasteiger charge is 2.23.